The lowest BCUT2D eigenvalue weighted by Gasteiger charge is -2.40. The number of rotatable bonds is 2. The van der Waals surface area contributed by atoms with Crippen LogP contribution >= 0.6 is 0 Å². The van der Waals surface area contributed by atoms with E-state index in [4.69, 9.17) is 0 Å². The van der Waals surface area contributed by atoms with Crippen molar-refractivity contribution in [2.45, 2.75) is 57.5 Å². The normalized spacial score (nSPS) is 33.5. The second-order valence-electron chi connectivity index (χ2n) is 6.95. The van der Waals surface area contributed by atoms with Crippen LogP contribution in [0.25, 0.3) is 0 Å². The summed E-state index contributed by atoms with van der Waals surface area (Å²) in [5.74, 6) is 1.00. The SMILES string of the molecule is CC1CNC(C(=O)N2CCC(N3CCCCC3)CC2)C1. The largest absolute Gasteiger partial charge is 0.341 e. The molecular formula is C16H29N3O. The van der Waals surface area contributed by atoms with Crippen molar-refractivity contribution in [1.29, 1.82) is 0 Å². The highest BCUT2D eigenvalue weighted by molar-refractivity contribution is 5.82. The molecule has 0 saturated carbocycles. The third-order valence-corrected chi connectivity index (χ3v) is 5.33. The third kappa shape index (κ3) is 3.17. The van der Waals surface area contributed by atoms with Crippen LogP contribution in [0.2, 0.25) is 0 Å². The van der Waals surface area contributed by atoms with Gasteiger partial charge in [-0.15, -0.1) is 0 Å². The summed E-state index contributed by atoms with van der Waals surface area (Å²) in [4.78, 5) is 17.3. The molecular weight excluding hydrogens is 250 g/mol. The van der Waals surface area contributed by atoms with E-state index in [2.05, 4.69) is 22.0 Å². The summed E-state index contributed by atoms with van der Waals surface area (Å²) in [6.07, 6.45) is 7.50. The Morgan fingerprint density at radius 2 is 1.75 bits per heavy atom. The summed E-state index contributed by atoms with van der Waals surface area (Å²) >= 11 is 0. The van der Waals surface area contributed by atoms with E-state index in [-0.39, 0.29) is 6.04 Å². The van der Waals surface area contributed by atoms with Gasteiger partial charge in [0.1, 0.15) is 0 Å². The number of nitrogens with zero attached hydrogens (tertiary/aromatic N) is 2. The summed E-state index contributed by atoms with van der Waals surface area (Å²) in [5.41, 5.74) is 0. The van der Waals surface area contributed by atoms with Gasteiger partial charge < -0.3 is 15.1 Å². The molecule has 0 aliphatic carbocycles. The highest BCUT2D eigenvalue weighted by Crippen LogP contribution is 2.22. The molecule has 3 rings (SSSR count). The van der Waals surface area contributed by atoms with Crippen LogP contribution in [-0.4, -0.2) is 60.5 Å². The average molecular weight is 279 g/mol. The standard InChI is InChI=1S/C16H29N3O/c1-13-11-15(17-12-13)16(20)19-9-5-14(6-10-19)18-7-3-2-4-8-18/h13-15,17H,2-12H2,1H3. The van der Waals surface area contributed by atoms with Gasteiger partial charge >= 0.3 is 0 Å². The fourth-order valence-corrected chi connectivity index (χ4v) is 4.06. The van der Waals surface area contributed by atoms with Crippen LogP contribution in [0.15, 0.2) is 0 Å². The number of hydrogen-bond donors (Lipinski definition) is 1. The van der Waals surface area contributed by atoms with E-state index in [1.54, 1.807) is 0 Å². The van der Waals surface area contributed by atoms with Crippen molar-refractivity contribution >= 4 is 5.91 Å². The van der Waals surface area contributed by atoms with Crippen LogP contribution in [0.1, 0.15) is 45.4 Å². The first kappa shape index (κ1) is 14.3. The summed E-state index contributed by atoms with van der Waals surface area (Å²) < 4.78 is 0. The van der Waals surface area contributed by atoms with Gasteiger partial charge in [0.15, 0.2) is 0 Å². The maximum atomic E-state index is 12.5. The fourth-order valence-electron chi connectivity index (χ4n) is 4.06. The average Bonchev–Trinajstić information content (AvgIpc) is 2.94. The van der Waals surface area contributed by atoms with Crippen LogP contribution < -0.4 is 5.32 Å². The maximum Gasteiger partial charge on any atom is 0.239 e. The van der Waals surface area contributed by atoms with Crippen molar-refractivity contribution in [3.8, 4) is 0 Å². The Hall–Kier alpha value is -0.610. The second-order valence-corrected chi connectivity index (χ2v) is 6.95. The lowest BCUT2D eigenvalue weighted by molar-refractivity contribution is -0.134. The van der Waals surface area contributed by atoms with E-state index in [0.29, 0.717) is 11.8 Å². The quantitative estimate of drug-likeness (QED) is 0.831. The smallest absolute Gasteiger partial charge is 0.239 e. The highest BCUT2D eigenvalue weighted by atomic mass is 16.2. The predicted octanol–water partition coefficient (Wildman–Crippen LogP) is 1.46. The van der Waals surface area contributed by atoms with Gasteiger partial charge in [0.05, 0.1) is 6.04 Å². The number of likely N-dealkylation sites (tertiary alicyclic amines) is 2. The highest BCUT2D eigenvalue weighted by Gasteiger charge is 2.33. The van der Waals surface area contributed by atoms with Crippen LogP contribution in [0, 0.1) is 5.92 Å². The number of carbonyl (C=O) groups is 1. The molecule has 0 aromatic carbocycles. The molecule has 2 unspecified atom stereocenters. The molecule has 0 aromatic rings. The Bertz CT molecular complexity index is 333. The second kappa shape index (κ2) is 6.44. The molecule has 3 aliphatic rings. The van der Waals surface area contributed by atoms with Gasteiger partial charge in [-0.3, -0.25) is 4.79 Å². The first-order chi connectivity index (χ1) is 9.74. The molecule has 3 saturated heterocycles. The molecule has 4 nitrogen and oxygen atoms in total. The summed E-state index contributed by atoms with van der Waals surface area (Å²) in [7, 11) is 0. The molecule has 3 fully saturated rings. The first-order valence-electron chi connectivity index (χ1n) is 8.50. The van der Waals surface area contributed by atoms with E-state index < -0.39 is 0 Å². The van der Waals surface area contributed by atoms with E-state index in [1.165, 1.54) is 45.2 Å². The van der Waals surface area contributed by atoms with Crippen molar-refractivity contribution in [1.82, 2.24) is 15.1 Å². The Morgan fingerprint density at radius 1 is 1.05 bits per heavy atom. The summed E-state index contributed by atoms with van der Waals surface area (Å²) in [6.45, 7) is 7.71. The van der Waals surface area contributed by atoms with Crippen LogP contribution in [-0.2, 0) is 4.79 Å². The van der Waals surface area contributed by atoms with Crippen LogP contribution in [0.4, 0.5) is 0 Å². The van der Waals surface area contributed by atoms with Gasteiger partial charge in [-0.25, -0.2) is 0 Å². The summed E-state index contributed by atoms with van der Waals surface area (Å²) in [6, 6.07) is 0.825. The number of amides is 1. The molecule has 1 N–H and O–H groups in total. The minimum absolute atomic E-state index is 0.0940. The van der Waals surface area contributed by atoms with Crippen LogP contribution in [0.5, 0.6) is 0 Å². The molecule has 4 heteroatoms. The lowest BCUT2D eigenvalue weighted by Crippen LogP contribution is -2.51. The Morgan fingerprint density at radius 3 is 2.35 bits per heavy atom. The van der Waals surface area contributed by atoms with Gasteiger partial charge in [0.2, 0.25) is 5.91 Å². The van der Waals surface area contributed by atoms with E-state index in [0.717, 1.165) is 32.1 Å². The van der Waals surface area contributed by atoms with Crippen molar-refractivity contribution in [3.63, 3.8) is 0 Å². The van der Waals surface area contributed by atoms with E-state index in [1.807, 2.05) is 0 Å². The Balaban J connectivity index is 1.47. The molecule has 114 valence electrons. The monoisotopic (exact) mass is 279 g/mol. The molecule has 2 atom stereocenters. The minimum Gasteiger partial charge on any atom is -0.341 e. The van der Waals surface area contributed by atoms with Crippen LogP contribution in [0.3, 0.4) is 0 Å². The maximum absolute atomic E-state index is 12.5. The third-order valence-electron chi connectivity index (χ3n) is 5.33. The lowest BCUT2D eigenvalue weighted by atomic mass is 9.99. The van der Waals surface area contributed by atoms with Crippen molar-refractivity contribution < 1.29 is 4.79 Å². The predicted molar refractivity (Wildman–Crippen MR) is 80.6 cm³/mol. The molecule has 0 spiro atoms. The molecule has 0 aromatic heterocycles. The van der Waals surface area contributed by atoms with Gasteiger partial charge in [-0.1, -0.05) is 13.3 Å². The molecule has 3 aliphatic heterocycles. The van der Waals surface area contributed by atoms with Gasteiger partial charge in [0, 0.05) is 19.1 Å². The van der Waals surface area contributed by atoms with Gasteiger partial charge in [0.25, 0.3) is 0 Å². The molecule has 0 bridgehead atoms. The number of nitrogens with one attached hydrogen (secondary N) is 1. The van der Waals surface area contributed by atoms with Crippen molar-refractivity contribution in [3.05, 3.63) is 0 Å². The zero-order valence-corrected chi connectivity index (χ0v) is 12.8. The molecule has 20 heavy (non-hydrogen) atoms. The first-order valence-corrected chi connectivity index (χ1v) is 8.50. The van der Waals surface area contributed by atoms with Gasteiger partial charge in [-0.05, 0) is 57.7 Å². The molecule has 3 heterocycles. The zero-order chi connectivity index (χ0) is 13.9. The molecule has 0 radical (unpaired) electrons. The fraction of sp³-hybridized carbons (Fsp3) is 0.938. The Kier molecular flexibility index (Phi) is 4.61. The number of piperidine rings is 2. The number of carbonyl (C=O) groups excluding carboxylic acids is 1. The zero-order valence-electron chi connectivity index (χ0n) is 12.8. The van der Waals surface area contributed by atoms with E-state index >= 15 is 0 Å². The number of hydrogen-bond acceptors (Lipinski definition) is 3. The Labute approximate surface area is 122 Å². The van der Waals surface area contributed by atoms with Gasteiger partial charge in [-0.2, -0.15) is 0 Å². The summed E-state index contributed by atoms with van der Waals surface area (Å²) in [5, 5.41) is 3.38. The van der Waals surface area contributed by atoms with Crippen molar-refractivity contribution in [2.75, 3.05) is 32.7 Å². The minimum atomic E-state index is 0.0940. The molecule has 1 amide bonds. The topological polar surface area (TPSA) is 35.6 Å². The van der Waals surface area contributed by atoms with Crippen molar-refractivity contribution in [2.24, 2.45) is 5.92 Å². The van der Waals surface area contributed by atoms with E-state index in [9.17, 15) is 4.79 Å².